The maximum Gasteiger partial charge on any atom is 0.573 e. The van der Waals surface area contributed by atoms with E-state index in [1.54, 1.807) is 4.90 Å². The van der Waals surface area contributed by atoms with Crippen molar-refractivity contribution in [3.05, 3.63) is 42.0 Å². The second-order valence-corrected chi connectivity index (χ2v) is 7.20. The molecule has 3 heterocycles. The van der Waals surface area contributed by atoms with Crippen LogP contribution in [0.25, 0.3) is 0 Å². The summed E-state index contributed by atoms with van der Waals surface area (Å²) in [6, 6.07) is 8.83. The summed E-state index contributed by atoms with van der Waals surface area (Å²) in [5.41, 5.74) is 0.317. The molecule has 0 atom stereocenters. The molecule has 0 spiro atoms. The van der Waals surface area contributed by atoms with E-state index in [1.165, 1.54) is 12.1 Å². The normalized spacial score (nSPS) is 17.6. The van der Waals surface area contributed by atoms with Gasteiger partial charge >= 0.3 is 6.36 Å². The quantitative estimate of drug-likeness (QED) is 0.726. The standard InChI is InChI=1S/C20H22F3N5O3/c21-20(22,23)31-16-3-1-15(2-4-16)19(29)28-9-7-26(8-10-28)17-5-6-18(25-24-17)27-11-13-30-14-12-27/h1-6H,7-14H2. The van der Waals surface area contributed by atoms with Crippen LogP contribution >= 0.6 is 0 Å². The molecule has 2 fully saturated rings. The Morgan fingerprint density at radius 1 is 0.839 bits per heavy atom. The Balaban J connectivity index is 1.31. The van der Waals surface area contributed by atoms with Crippen molar-refractivity contribution in [2.75, 3.05) is 62.3 Å². The first-order chi connectivity index (χ1) is 14.9. The molecule has 0 radical (unpaired) electrons. The predicted octanol–water partition coefficient (Wildman–Crippen LogP) is 2.17. The van der Waals surface area contributed by atoms with Gasteiger partial charge in [-0.1, -0.05) is 0 Å². The van der Waals surface area contributed by atoms with E-state index < -0.39 is 6.36 Å². The van der Waals surface area contributed by atoms with Gasteiger partial charge in [-0.15, -0.1) is 23.4 Å². The SMILES string of the molecule is O=C(c1ccc(OC(F)(F)F)cc1)N1CCN(c2ccc(N3CCOCC3)nn2)CC1. The minimum atomic E-state index is -4.76. The third-order valence-corrected chi connectivity index (χ3v) is 5.20. The number of carbonyl (C=O) groups excluding carboxylic acids is 1. The molecule has 2 saturated heterocycles. The highest BCUT2D eigenvalue weighted by atomic mass is 19.4. The van der Waals surface area contributed by atoms with Gasteiger partial charge in [0, 0.05) is 44.8 Å². The van der Waals surface area contributed by atoms with Crippen molar-refractivity contribution < 1.29 is 27.4 Å². The molecule has 0 unspecified atom stereocenters. The van der Waals surface area contributed by atoms with Crippen LogP contribution in [-0.2, 0) is 4.74 Å². The first-order valence-corrected chi connectivity index (χ1v) is 9.95. The number of nitrogens with zero attached hydrogens (tertiary/aromatic N) is 5. The minimum Gasteiger partial charge on any atom is -0.406 e. The first kappa shape index (κ1) is 21.2. The monoisotopic (exact) mass is 437 g/mol. The fourth-order valence-corrected chi connectivity index (χ4v) is 3.57. The van der Waals surface area contributed by atoms with Crippen LogP contribution in [0.4, 0.5) is 24.8 Å². The van der Waals surface area contributed by atoms with Crippen molar-refractivity contribution in [3.63, 3.8) is 0 Å². The summed E-state index contributed by atoms with van der Waals surface area (Å²) in [6.07, 6.45) is -4.76. The average molecular weight is 437 g/mol. The highest BCUT2D eigenvalue weighted by Gasteiger charge is 2.31. The van der Waals surface area contributed by atoms with Crippen molar-refractivity contribution >= 4 is 17.5 Å². The van der Waals surface area contributed by atoms with E-state index in [0.29, 0.717) is 45.0 Å². The van der Waals surface area contributed by atoms with Gasteiger partial charge < -0.3 is 24.2 Å². The van der Waals surface area contributed by atoms with Gasteiger partial charge in [0.25, 0.3) is 5.91 Å². The number of hydrogen-bond donors (Lipinski definition) is 0. The molecule has 2 aromatic rings. The van der Waals surface area contributed by atoms with E-state index >= 15 is 0 Å². The summed E-state index contributed by atoms with van der Waals surface area (Å²) in [5.74, 6) is 0.983. The molecule has 1 aromatic heterocycles. The summed E-state index contributed by atoms with van der Waals surface area (Å²) in [4.78, 5) is 18.5. The molecule has 2 aliphatic heterocycles. The molecular formula is C20H22F3N5O3. The van der Waals surface area contributed by atoms with Crippen LogP contribution in [0.1, 0.15) is 10.4 Å². The largest absolute Gasteiger partial charge is 0.573 e. The number of ether oxygens (including phenoxy) is 2. The van der Waals surface area contributed by atoms with Crippen molar-refractivity contribution in [2.24, 2.45) is 0 Å². The predicted molar refractivity (Wildman–Crippen MR) is 106 cm³/mol. The lowest BCUT2D eigenvalue weighted by Gasteiger charge is -2.35. The Morgan fingerprint density at radius 3 is 1.90 bits per heavy atom. The zero-order valence-corrected chi connectivity index (χ0v) is 16.7. The van der Waals surface area contributed by atoms with Crippen LogP contribution in [-0.4, -0.2) is 79.8 Å². The Kier molecular flexibility index (Phi) is 6.12. The summed E-state index contributed by atoms with van der Waals surface area (Å²) in [5, 5.41) is 8.65. The number of hydrogen-bond acceptors (Lipinski definition) is 7. The van der Waals surface area contributed by atoms with Gasteiger partial charge in [0.15, 0.2) is 11.6 Å². The van der Waals surface area contributed by atoms with E-state index in [0.717, 1.165) is 36.9 Å². The molecular weight excluding hydrogens is 415 g/mol. The number of rotatable bonds is 4. The summed E-state index contributed by atoms with van der Waals surface area (Å²) >= 11 is 0. The number of halogens is 3. The Labute approximate surface area is 177 Å². The highest BCUT2D eigenvalue weighted by molar-refractivity contribution is 5.94. The second kappa shape index (κ2) is 8.96. The maximum absolute atomic E-state index is 12.7. The minimum absolute atomic E-state index is 0.230. The van der Waals surface area contributed by atoms with E-state index in [2.05, 4.69) is 24.7 Å². The first-order valence-electron chi connectivity index (χ1n) is 9.95. The smallest absolute Gasteiger partial charge is 0.406 e. The number of morpholine rings is 1. The van der Waals surface area contributed by atoms with Crippen LogP contribution in [0.2, 0.25) is 0 Å². The molecule has 0 aliphatic carbocycles. The summed E-state index contributed by atoms with van der Waals surface area (Å²) < 4.78 is 46.0. The lowest BCUT2D eigenvalue weighted by atomic mass is 10.1. The van der Waals surface area contributed by atoms with Crippen molar-refractivity contribution in [3.8, 4) is 5.75 Å². The zero-order valence-electron chi connectivity index (χ0n) is 16.7. The average Bonchev–Trinajstić information content (AvgIpc) is 2.79. The van der Waals surface area contributed by atoms with E-state index in [-0.39, 0.29) is 11.7 Å². The van der Waals surface area contributed by atoms with Gasteiger partial charge in [0.1, 0.15) is 5.75 Å². The van der Waals surface area contributed by atoms with Gasteiger partial charge in [-0.05, 0) is 36.4 Å². The molecule has 0 bridgehead atoms. The number of amides is 1. The van der Waals surface area contributed by atoms with Crippen molar-refractivity contribution in [2.45, 2.75) is 6.36 Å². The van der Waals surface area contributed by atoms with Gasteiger partial charge in [-0.2, -0.15) is 0 Å². The van der Waals surface area contributed by atoms with Gasteiger partial charge in [0.2, 0.25) is 0 Å². The Hall–Kier alpha value is -3.08. The number of aromatic nitrogens is 2. The number of piperazine rings is 1. The fourth-order valence-electron chi connectivity index (χ4n) is 3.57. The van der Waals surface area contributed by atoms with Gasteiger partial charge in [-0.25, -0.2) is 0 Å². The molecule has 31 heavy (non-hydrogen) atoms. The van der Waals surface area contributed by atoms with Crippen LogP contribution in [0.3, 0.4) is 0 Å². The van der Waals surface area contributed by atoms with Crippen molar-refractivity contribution in [1.82, 2.24) is 15.1 Å². The number of benzene rings is 1. The summed E-state index contributed by atoms with van der Waals surface area (Å²) in [7, 11) is 0. The Morgan fingerprint density at radius 2 is 1.39 bits per heavy atom. The zero-order chi connectivity index (χ0) is 21.8. The fraction of sp³-hybridized carbons (Fsp3) is 0.450. The lowest BCUT2D eigenvalue weighted by Crippen LogP contribution is -2.49. The van der Waals surface area contributed by atoms with Crippen molar-refractivity contribution in [1.29, 1.82) is 0 Å². The van der Waals surface area contributed by atoms with Crippen LogP contribution in [0.15, 0.2) is 36.4 Å². The molecule has 8 nitrogen and oxygen atoms in total. The molecule has 11 heteroatoms. The highest BCUT2D eigenvalue weighted by Crippen LogP contribution is 2.23. The second-order valence-electron chi connectivity index (χ2n) is 7.20. The van der Waals surface area contributed by atoms with Crippen LogP contribution < -0.4 is 14.5 Å². The molecule has 166 valence electrons. The molecule has 4 rings (SSSR count). The topological polar surface area (TPSA) is 71.0 Å². The van der Waals surface area contributed by atoms with Gasteiger partial charge in [0.05, 0.1) is 13.2 Å². The lowest BCUT2D eigenvalue weighted by molar-refractivity contribution is -0.274. The van der Waals surface area contributed by atoms with E-state index in [4.69, 9.17) is 4.74 Å². The van der Waals surface area contributed by atoms with Crippen LogP contribution in [0, 0.1) is 0 Å². The van der Waals surface area contributed by atoms with Crippen LogP contribution in [0.5, 0.6) is 5.75 Å². The molecule has 2 aliphatic rings. The van der Waals surface area contributed by atoms with E-state index in [1.807, 2.05) is 12.1 Å². The third-order valence-electron chi connectivity index (χ3n) is 5.20. The van der Waals surface area contributed by atoms with E-state index in [9.17, 15) is 18.0 Å². The summed E-state index contributed by atoms with van der Waals surface area (Å²) in [6.45, 7) is 5.07. The maximum atomic E-state index is 12.7. The van der Waals surface area contributed by atoms with Gasteiger partial charge in [-0.3, -0.25) is 4.79 Å². The number of alkyl halides is 3. The molecule has 0 saturated carbocycles. The molecule has 0 N–H and O–H groups in total. The third kappa shape index (κ3) is 5.35. The number of anilines is 2. The molecule has 1 aromatic carbocycles. The Bertz CT molecular complexity index is 878. The number of carbonyl (C=O) groups is 1. The molecule has 1 amide bonds.